The van der Waals surface area contributed by atoms with Gasteiger partial charge in [-0.1, -0.05) is 20.3 Å². The summed E-state index contributed by atoms with van der Waals surface area (Å²) in [5, 5.41) is 11.4. The maximum Gasteiger partial charge on any atom is 0.326 e. The van der Waals surface area contributed by atoms with Crippen LogP contribution in [0, 0.1) is 0 Å². The highest BCUT2D eigenvalue weighted by atomic mass is 16.4. The molecule has 16 heavy (non-hydrogen) atoms. The minimum absolute atomic E-state index is 0.107. The molecule has 0 heterocycles. The van der Waals surface area contributed by atoms with E-state index in [1.807, 2.05) is 20.8 Å². The molecule has 2 amide bonds. The number of urea groups is 1. The van der Waals surface area contributed by atoms with Gasteiger partial charge in [-0.15, -0.1) is 0 Å². The van der Waals surface area contributed by atoms with Crippen molar-refractivity contribution >= 4 is 12.0 Å². The molecule has 0 aliphatic heterocycles. The van der Waals surface area contributed by atoms with Crippen LogP contribution >= 0.6 is 0 Å². The Bertz CT molecular complexity index is 243. The largest absolute Gasteiger partial charge is 0.480 e. The third-order valence-corrected chi connectivity index (χ3v) is 2.75. The minimum atomic E-state index is -0.979. The first-order valence-electron chi connectivity index (χ1n) is 5.70. The van der Waals surface area contributed by atoms with Gasteiger partial charge in [-0.05, 0) is 19.8 Å². The molecule has 5 nitrogen and oxygen atoms in total. The number of rotatable bonds is 6. The van der Waals surface area contributed by atoms with Crippen LogP contribution < -0.4 is 5.32 Å². The Morgan fingerprint density at radius 3 is 2.31 bits per heavy atom. The highest BCUT2D eigenvalue weighted by molar-refractivity contribution is 5.82. The molecule has 0 aromatic rings. The summed E-state index contributed by atoms with van der Waals surface area (Å²) in [4.78, 5) is 24.1. The molecule has 2 atom stereocenters. The number of nitrogens with one attached hydrogen (secondary N) is 1. The van der Waals surface area contributed by atoms with Crippen LogP contribution in [0.25, 0.3) is 0 Å². The Morgan fingerprint density at radius 1 is 1.38 bits per heavy atom. The summed E-state index contributed by atoms with van der Waals surface area (Å²) in [6, 6.07) is -1.00. The molecule has 0 aromatic carbocycles. The predicted molar refractivity (Wildman–Crippen MR) is 62.4 cm³/mol. The molecule has 0 bridgehead atoms. The molecule has 1 unspecified atom stereocenters. The Labute approximate surface area is 96.8 Å². The van der Waals surface area contributed by atoms with Crippen LogP contribution in [0.4, 0.5) is 4.79 Å². The number of carbonyl (C=O) groups excluding carboxylic acids is 1. The Kier molecular flexibility index (Phi) is 6.53. The van der Waals surface area contributed by atoms with Gasteiger partial charge in [0.2, 0.25) is 0 Å². The zero-order chi connectivity index (χ0) is 12.7. The zero-order valence-electron chi connectivity index (χ0n) is 10.5. The summed E-state index contributed by atoms with van der Waals surface area (Å²) in [6.45, 7) is 5.80. The zero-order valence-corrected chi connectivity index (χ0v) is 10.5. The molecule has 5 heteroatoms. The van der Waals surface area contributed by atoms with Crippen molar-refractivity contribution in [3.63, 3.8) is 0 Å². The van der Waals surface area contributed by atoms with E-state index in [0.29, 0.717) is 6.42 Å². The number of amides is 2. The molecule has 0 aromatic heterocycles. The molecule has 0 aliphatic rings. The summed E-state index contributed by atoms with van der Waals surface area (Å²) in [6.07, 6.45) is 2.02. The van der Waals surface area contributed by atoms with E-state index in [2.05, 4.69) is 5.32 Å². The molecule has 0 rings (SSSR count). The van der Waals surface area contributed by atoms with Crippen molar-refractivity contribution in [3.8, 4) is 0 Å². The van der Waals surface area contributed by atoms with E-state index in [1.54, 1.807) is 7.05 Å². The van der Waals surface area contributed by atoms with Crippen molar-refractivity contribution in [2.45, 2.75) is 52.1 Å². The van der Waals surface area contributed by atoms with Gasteiger partial charge in [-0.3, -0.25) is 0 Å². The van der Waals surface area contributed by atoms with Crippen LogP contribution in [0.2, 0.25) is 0 Å². The lowest BCUT2D eigenvalue weighted by Crippen LogP contribution is -2.49. The first kappa shape index (κ1) is 14.7. The fourth-order valence-corrected chi connectivity index (χ4v) is 1.27. The number of aliphatic carboxylic acids is 1. The molecule has 0 spiro atoms. The summed E-state index contributed by atoms with van der Waals surface area (Å²) in [5.41, 5.74) is 0. The number of carboxylic acid groups (broad SMARTS) is 1. The SMILES string of the molecule is CCC[C@H](NC(=O)N(C)C(C)CC)C(=O)O. The third-order valence-electron chi connectivity index (χ3n) is 2.75. The van der Waals surface area contributed by atoms with Crippen molar-refractivity contribution in [2.75, 3.05) is 7.05 Å². The van der Waals surface area contributed by atoms with Crippen LogP contribution in [0.5, 0.6) is 0 Å². The van der Waals surface area contributed by atoms with Gasteiger partial charge >= 0.3 is 12.0 Å². The summed E-state index contributed by atoms with van der Waals surface area (Å²) in [7, 11) is 1.67. The van der Waals surface area contributed by atoms with E-state index in [0.717, 1.165) is 12.8 Å². The Hall–Kier alpha value is -1.26. The molecule has 0 aliphatic carbocycles. The lowest BCUT2D eigenvalue weighted by atomic mass is 10.2. The van der Waals surface area contributed by atoms with E-state index in [4.69, 9.17) is 5.11 Å². The number of nitrogens with zero attached hydrogens (tertiary/aromatic N) is 1. The average molecular weight is 230 g/mol. The van der Waals surface area contributed by atoms with Crippen LogP contribution in [0.3, 0.4) is 0 Å². The van der Waals surface area contributed by atoms with Crippen LogP contribution in [0.1, 0.15) is 40.0 Å². The highest BCUT2D eigenvalue weighted by Gasteiger charge is 2.22. The molecular formula is C11H22N2O3. The van der Waals surface area contributed by atoms with Gasteiger partial charge in [-0.2, -0.15) is 0 Å². The van der Waals surface area contributed by atoms with Crippen molar-refractivity contribution in [1.29, 1.82) is 0 Å². The maximum atomic E-state index is 11.7. The van der Waals surface area contributed by atoms with Gasteiger partial charge in [0.15, 0.2) is 0 Å². The third kappa shape index (κ3) is 4.51. The van der Waals surface area contributed by atoms with E-state index < -0.39 is 12.0 Å². The summed E-state index contributed by atoms with van der Waals surface area (Å²) >= 11 is 0. The quantitative estimate of drug-likeness (QED) is 0.729. The number of hydrogen-bond acceptors (Lipinski definition) is 2. The van der Waals surface area contributed by atoms with Gasteiger partial charge < -0.3 is 15.3 Å². The fraction of sp³-hybridized carbons (Fsp3) is 0.818. The number of hydrogen-bond donors (Lipinski definition) is 2. The van der Waals surface area contributed by atoms with Crippen molar-refractivity contribution in [1.82, 2.24) is 10.2 Å². The van der Waals surface area contributed by atoms with E-state index in [-0.39, 0.29) is 12.1 Å². The van der Waals surface area contributed by atoms with E-state index in [9.17, 15) is 9.59 Å². The summed E-state index contributed by atoms with van der Waals surface area (Å²) < 4.78 is 0. The average Bonchev–Trinajstić information content (AvgIpc) is 2.25. The number of carboxylic acids is 1. The second-order valence-corrected chi connectivity index (χ2v) is 4.00. The first-order chi connectivity index (χ1) is 7.43. The molecule has 94 valence electrons. The predicted octanol–water partition coefficient (Wildman–Crippen LogP) is 1.68. The van der Waals surface area contributed by atoms with Crippen molar-refractivity contribution in [2.24, 2.45) is 0 Å². The van der Waals surface area contributed by atoms with Gasteiger partial charge in [0.25, 0.3) is 0 Å². The molecule has 2 N–H and O–H groups in total. The smallest absolute Gasteiger partial charge is 0.326 e. The second kappa shape index (κ2) is 7.09. The minimum Gasteiger partial charge on any atom is -0.480 e. The topological polar surface area (TPSA) is 69.6 Å². The second-order valence-electron chi connectivity index (χ2n) is 4.00. The van der Waals surface area contributed by atoms with Crippen LogP contribution in [-0.4, -0.2) is 41.1 Å². The fourth-order valence-electron chi connectivity index (χ4n) is 1.27. The highest BCUT2D eigenvalue weighted by Crippen LogP contribution is 2.03. The van der Waals surface area contributed by atoms with Crippen molar-refractivity contribution < 1.29 is 14.7 Å². The van der Waals surface area contributed by atoms with Gasteiger partial charge in [-0.25, -0.2) is 9.59 Å². The Morgan fingerprint density at radius 2 is 1.94 bits per heavy atom. The molecule has 0 fully saturated rings. The number of carbonyl (C=O) groups is 2. The molecule has 0 saturated heterocycles. The molecular weight excluding hydrogens is 208 g/mol. The molecule has 0 radical (unpaired) electrons. The van der Waals surface area contributed by atoms with Crippen LogP contribution in [0.15, 0.2) is 0 Å². The lowest BCUT2D eigenvalue weighted by molar-refractivity contribution is -0.139. The molecule has 0 saturated carbocycles. The van der Waals surface area contributed by atoms with Crippen molar-refractivity contribution in [3.05, 3.63) is 0 Å². The van der Waals surface area contributed by atoms with Gasteiger partial charge in [0.1, 0.15) is 6.04 Å². The lowest BCUT2D eigenvalue weighted by Gasteiger charge is -2.26. The van der Waals surface area contributed by atoms with Gasteiger partial charge in [0.05, 0.1) is 0 Å². The monoisotopic (exact) mass is 230 g/mol. The van der Waals surface area contributed by atoms with E-state index >= 15 is 0 Å². The Balaban J connectivity index is 4.34. The normalized spacial score (nSPS) is 14.0. The maximum absolute atomic E-state index is 11.7. The van der Waals surface area contributed by atoms with Crippen LogP contribution in [-0.2, 0) is 4.79 Å². The van der Waals surface area contributed by atoms with E-state index in [1.165, 1.54) is 4.90 Å². The summed E-state index contributed by atoms with van der Waals surface area (Å²) in [5.74, 6) is -0.979. The standard InChI is InChI=1S/C11H22N2O3/c1-5-7-9(10(14)15)12-11(16)13(4)8(3)6-2/h8-9H,5-7H2,1-4H3,(H,12,16)(H,14,15)/t8?,9-/m0/s1. The first-order valence-corrected chi connectivity index (χ1v) is 5.70. The van der Waals surface area contributed by atoms with Gasteiger partial charge in [0, 0.05) is 13.1 Å².